The Morgan fingerprint density at radius 1 is 1.21 bits per heavy atom. The first-order valence-corrected chi connectivity index (χ1v) is 10.2. The molecule has 0 radical (unpaired) electrons. The summed E-state index contributed by atoms with van der Waals surface area (Å²) in [6, 6.07) is 2.46. The molecule has 0 bridgehead atoms. The molecular weight excluding hydrogens is 338 g/mol. The van der Waals surface area contributed by atoms with Crippen LogP contribution in [-0.2, 0) is 12.8 Å². The van der Waals surface area contributed by atoms with Gasteiger partial charge in [-0.15, -0.1) is 11.3 Å². The summed E-state index contributed by atoms with van der Waals surface area (Å²) in [7, 11) is 0. The Morgan fingerprint density at radius 2 is 2.00 bits per heavy atom. The highest BCUT2D eigenvalue weighted by molar-refractivity contribution is 7.80. The molecule has 24 heavy (non-hydrogen) atoms. The third-order valence-electron chi connectivity index (χ3n) is 5.27. The molecule has 4 nitrogen and oxygen atoms in total. The van der Waals surface area contributed by atoms with Crippen LogP contribution in [0, 0.1) is 11.8 Å². The minimum absolute atomic E-state index is 0.0945. The topological polar surface area (TPSA) is 53.2 Å². The van der Waals surface area contributed by atoms with Gasteiger partial charge in [-0.25, -0.2) is 0 Å². The summed E-state index contributed by atoms with van der Waals surface area (Å²) in [6.45, 7) is 4.54. The lowest BCUT2D eigenvalue weighted by Gasteiger charge is -2.30. The summed E-state index contributed by atoms with van der Waals surface area (Å²) < 4.78 is 0. The highest BCUT2D eigenvalue weighted by Crippen LogP contribution is 2.32. The fourth-order valence-corrected chi connectivity index (χ4v) is 5.03. The highest BCUT2D eigenvalue weighted by atomic mass is 32.1. The Kier molecular flexibility index (Phi) is 5.76. The summed E-state index contributed by atoms with van der Waals surface area (Å²) in [4.78, 5) is 14.5. The SMILES string of the molecule is C[C@H]1CCc2sc(C(=O)NNC(=S)N[C@@H]3CCCC[C@@H]3C)cc2C1. The second-order valence-electron chi connectivity index (χ2n) is 7.33. The molecule has 1 fully saturated rings. The number of aryl methyl sites for hydroxylation is 1. The van der Waals surface area contributed by atoms with E-state index in [0.717, 1.165) is 30.1 Å². The molecule has 1 amide bonds. The second-order valence-corrected chi connectivity index (χ2v) is 8.87. The molecule has 2 aliphatic carbocycles. The quantitative estimate of drug-likeness (QED) is 0.554. The molecule has 0 aromatic carbocycles. The van der Waals surface area contributed by atoms with E-state index in [0.29, 0.717) is 17.1 Å². The molecule has 0 unspecified atom stereocenters. The summed E-state index contributed by atoms with van der Waals surface area (Å²) in [5, 5.41) is 3.85. The zero-order valence-corrected chi connectivity index (χ0v) is 16.1. The van der Waals surface area contributed by atoms with Crippen LogP contribution >= 0.6 is 23.6 Å². The molecule has 0 saturated heterocycles. The van der Waals surface area contributed by atoms with Gasteiger partial charge in [0.05, 0.1) is 4.88 Å². The number of nitrogens with one attached hydrogen (secondary N) is 3. The summed E-state index contributed by atoms with van der Waals surface area (Å²) in [5.41, 5.74) is 6.95. The highest BCUT2D eigenvalue weighted by Gasteiger charge is 2.23. The smallest absolute Gasteiger partial charge is 0.279 e. The predicted molar refractivity (Wildman–Crippen MR) is 103 cm³/mol. The molecule has 1 aromatic rings. The van der Waals surface area contributed by atoms with Crippen LogP contribution < -0.4 is 16.2 Å². The van der Waals surface area contributed by atoms with E-state index in [1.807, 2.05) is 6.07 Å². The van der Waals surface area contributed by atoms with Crippen LogP contribution in [-0.4, -0.2) is 17.1 Å². The Hall–Kier alpha value is -1.14. The van der Waals surface area contributed by atoms with Gasteiger partial charge in [-0.05, 0) is 67.8 Å². The number of rotatable bonds is 2. The average Bonchev–Trinajstić information content (AvgIpc) is 2.98. The van der Waals surface area contributed by atoms with Crippen LogP contribution in [0.5, 0.6) is 0 Å². The predicted octanol–water partition coefficient (Wildman–Crippen LogP) is 3.56. The zero-order valence-electron chi connectivity index (χ0n) is 14.5. The lowest BCUT2D eigenvalue weighted by atomic mass is 9.86. The van der Waals surface area contributed by atoms with Gasteiger partial charge in [0.15, 0.2) is 5.11 Å². The molecular formula is C18H27N3OS2. The number of thiophene rings is 1. The van der Waals surface area contributed by atoms with Crippen LogP contribution in [0.3, 0.4) is 0 Å². The number of carbonyl (C=O) groups excluding carboxylic acids is 1. The Morgan fingerprint density at radius 3 is 2.79 bits per heavy atom. The van der Waals surface area contributed by atoms with E-state index in [-0.39, 0.29) is 5.91 Å². The van der Waals surface area contributed by atoms with E-state index >= 15 is 0 Å². The van der Waals surface area contributed by atoms with Crippen molar-refractivity contribution >= 4 is 34.6 Å². The molecule has 2 aliphatic rings. The molecule has 1 heterocycles. The molecule has 6 heteroatoms. The zero-order chi connectivity index (χ0) is 17.1. The largest absolute Gasteiger partial charge is 0.358 e. The van der Waals surface area contributed by atoms with Gasteiger partial charge in [0, 0.05) is 10.9 Å². The summed E-state index contributed by atoms with van der Waals surface area (Å²) >= 11 is 6.94. The van der Waals surface area contributed by atoms with Gasteiger partial charge in [0.25, 0.3) is 5.91 Å². The van der Waals surface area contributed by atoms with Gasteiger partial charge < -0.3 is 5.32 Å². The van der Waals surface area contributed by atoms with Gasteiger partial charge in [0.1, 0.15) is 0 Å². The molecule has 1 saturated carbocycles. The maximum atomic E-state index is 12.4. The van der Waals surface area contributed by atoms with Crippen LogP contribution in [0.1, 0.15) is 66.1 Å². The number of hydrazine groups is 1. The number of hydrogen-bond acceptors (Lipinski definition) is 3. The molecule has 3 atom stereocenters. The van der Waals surface area contributed by atoms with Crippen molar-refractivity contribution in [3.8, 4) is 0 Å². The van der Waals surface area contributed by atoms with Crippen molar-refractivity contribution < 1.29 is 4.79 Å². The number of thiocarbonyl (C=S) groups is 1. The van der Waals surface area contributed by atoms with Crippen LogP contribution in [0.4, 0.5) is 0 Å². The monoisotopic (exact) mass is 365 g/mol. The standard InChI is InChI=1S/C18H27N3OS2/c1-11-7-8-15-13(9-11)10-16(24-15)17(22)20-21-18(23)19-14-6-4-3-5-12(14)2/h10-12,14H,3-9H2,1-2H3,(H,20,22)(H2,19,21,23)/t11-,12-,14+/m0/s1. The first-order chi connectivity index (χ1) is 11.5. The minimum atomic E-state index is -0.0945. The molecule has 0 aliphatic heterocycles. The van der Waals surface area contributed by atoms with E-state index in [4.69, 9.17) is 12.2 Å². The Labute approximate surface area is 153 Å². The van der Waals surface area contributed by atoms with Crippen molar-refractivity contribution in [3.05, 3.63) is 21.4 Å². The number of carbonyl (C=O) groups is 1. The molecule has 1 aromatic heterocycles. The maximum Gasteiger partial charge on any atom is 0.279 e. The molecule has 132 valence electrons. The van der Waals surface area contributed by atoms with Crippen LogP contribution in [0.15, 0.2) is 6.07 Å². The van der Waals surface area contributed by atoms with Gasteiger partial charge in [-0.1, -0.05) is 26.7 Å². The van der Waals surface area contributed by atoms with Crippen molar-refractivity contribution in [1.82, 2.24) is 16.2 Å². The Bertz CT molecular complexity index is 613. The van der Waals surface area contributed by atoms with Gasteiger partial charge >= 0.3 is 0 Å². The number of amides is 1. The average molecular weight is 366 g/mol. The lowest BCUT2D eigenvalue weighted by Crippen LogP contribution is -2.51. The van der Waals surface area contributed by atoms with E-state index in [2.05, 4.69) is 30.0 Å². The molecule has 0 spiro atoms. The van der Waals surface area contributed by atoms with Crippen molar-refractivity contribution in [2.75, 3.05) is 0 Å². The van der Waals surface area contributed by atoms with E-state index in [1.54, 1.807) is 11.3 Å². The number of hydrogen-bond donors (Lipinski definition) is 3. The third kappa shape index (κ3) is 4.28. The molecule has 3 rings (SSSR count). The molecule has 3 N–H and O–H groups in total. The van der Waals surface area contributed by atoms with Gasteiger partial charge in [0.2, 0.25) is 0 Å². The van der Waals surface area contributed by atoms with E-state index < -0.39 is 0 Å². The third-order valence-corrected chi connectivity index (χ3v) is 6.73. The lowest BCUT2D eigenvalue weighted by molar-refractivity contribution is 0.0947. The first kappa shape index (κ1) is 17.7. The Balaban J connectivity index is 1.49. The minimum Gasteiger partial charge on any atom is -0.358 e. The van der Waals surface area contributed by atoms with Crippen molar-refractivity contribution in [2.24, 2.45) is 11.8 Å². The van der Waals surface area contributed by atoms with Gasteiger partial charge in [-0.3, -0.25) is 15.6 Å². The maximum absolute atomic E-state index is 12.4. The van der Waals surface area contributed by atoms with Crippen LogP contribution in [0.25, 0.3) is 0 Å². The van der Waals surface area contributed by atoms with Crippen molar-refractivity contribution in [2.45, 2.75) is 64.8 Å². The fraction of sp³-hybridized carbons (Fsp3) is 0.667. The van der Waals surface area contributed by atoms with Gasteiger partial charge in [-0.2, -0.15) is 0 Å². The summed E-state index contributed by atoms with van der Waals surface area (Å²) in [5.74, 6) is 1.25. The summed E-state index contributed by atoms with van der Waals surface area (Å²) in [6.07, 6.45) is 8.35. The van der Waals surface area contributed by atoms with Crippen LogP contribution in [0.2, 0.25) is 0 Å². The normalized spacial score (nSPS) is 26.3. The van der Waals surface area contributed by atoms with E-state index in [9.17, 15) is 4.79 Å². The fourth-order valence-electron chi connectivity index (χ4n) is 3.73. The van der Waals surface area contributed by atoms with E-state index in [1.165, 1.54) is 36.1 Å². The second kappa shape index (κ2) is 7.83. The van der Waals surface area contributed by atoms with Crippen molar-refractivity contribution in [3.63, 3.8) is 0 Å². The van der Waals surface area contributed by atoms with Crippen molar-refractivity contribution in [1.29, 1.82) is 0 Å². The number of fused-ring (bicyclic) bond motifs is 1. The first-order valence-electron chi connectivity index (χ1n) is 9.01.